The van der Waals surface area contributed by atoms with Gasteiger partial charge in [0.25, 0.3) is 0 Å². The summed E-state index contributed by atoms with van der Waals surface area (Å²) >= 11 is 5.17. The minimum absolute atomic E-state index is 0.105. The van der Waals surface area contributed by atoms with E-state index in [2.05, 4.69) is 52.4 Å². The molecule has 0 fully saturated rings. The first-order valence-corrected chi connectivity index (χ1v) is 8.09. The summed E-state index contributed by atoms with van der Waals surface area (Å²) in [7, 11) is 1.67. The number of ether oxygens (including phenoxy) is 1. The molecule has 1 N–H and O–H groups in total. The average Bonchev–Trinajstić information content (AvgIpc) is 2.84. The molecule has 1 aromatic heterocycles. The van der Waals surface area contributed by atoms with Crippen LogP contribution in [0.15, 0.2) is 28.1 Å². The molecule has 0 amide bonds. The van der Waals surface area contributed by atoms with E-state index in [-0.39, 0.29) is 5.41 Å². The first-order valence-electron chi connectivity index (χ1n) is 6.42. The number of hydrogen-bond acceptors (Lipinski definition) is 4. The molecule has 0 aliphatic carbocycles. The lowest BCUT2D eigenvalue weighted by Gasteiger charge is -2.14. The molecule has 20 heavy (non-hydrogen) atoms. The van der Waals surface area contributed by atoms with Crippen molar-refractivity contribution in [2.45, 2.75) is 32.7 Å². The van der Waals surface area contributed by atoms with Gasteiger partial charge in [0.1, 0.15) is 10.8 Å². The Bertz CT molecular complexity index is 590. The SMILES string of the molecule is COc1cc(Br)cc(NCc2nc(C(C)(C)C)cs2)c1. The van der Waals surface area contributed by atoms with Crippen molar-refractivity contribution < 1.29 is 4.74 Å². The van der Waals surface area contributed by atoms with E-state index < -0.39 is 0 Å². The van der Waals surface area contributed by atoms with Crippen LogP contribution in [0.5, 0.6) is 5.75 Å². The molecule has 0 saturated heterocycles. The number of benzene rings is 1. The summed E-state index contributed by atoms with van der Waals surface area (Å²) in [6.07, 6.45) is 0. The molecule has 1 heterocycles. The molecule has 2 aromatic rings. The van der Waals surface area contributed by atoms with Crippen molar-refractivity contribution in [3.8, 4) is 5.75 Å². The molecular weight excluding hydrogens is 336 g/mol. The highest BCUT2D eigenvalue weighted by molar-refractivity contribution is 9.10. The highest BCUT2D eigenvalue weighted by atomic mass is 79.9. The largest absolute Gasteiger partial charge is 0.497 e. The molecule has 0 unspecified atom stereocenters. The highest BCUT2D eigenvalue weighted by Crippen LogP contribution is 2.26. The van der Waals surface area contributed by atoms with Gasteiger partial charge in [-0.1, -0.05) is 36.7 Å². The minimum atomic E-state index is 0.105. The highest BCUT2D eigenvalue weighted by Gasteiger charge is 2.17. The maximum absolute atomic E-state index is 5.25. The van der Waals surface area contributed by atoms with Crippen molar-refractivity contribution >= 4 is 33.0 Å². The maximum Gasteiger partial charge on any atom is 0.122 e. The van der Waals surface area contributed by atoms with Crippen molar-refractivity contribution in [1.82, 2.24) is 4.98 Å². The van der Waals surface area contributed by atoms with Crippen LogP contribution in [-0.4, -0.2) is 12.1 Å². The van der Waals surface area contributed by atoms with Gasteiger partial charge in [0, 0.05) is 27.0 Å². The first-order chi connectivity index (χ1) is 9.38. The third-order valence-corrected chi connectivity index (χ3v) is 4.18. The van der Waals surface area contributed by atoms with E-state index in [0.29, 0.717) is 0 Å². The Morgan fingerprint density at radius 1 is 1.30 bits per heavy atom. The van der Waals surface area contributed by atoms with Gasteiger partial charge >= 0.3 is 0 Å². The van der Waals surface area contributed by atoms with E-state index in [1.165, 1.54) is 0 Å². The van der Waals surface area contributed by atoms with Gasteiger partial charge in [-0.05, 0) is 12.1 Å². The molecule has 5 heteroatoms. The fourth-order valence-corrected chi connectivity index (χ4v) is 3.13. The van der Waals surface area contributed by atoms with Crippen LogP contribution in [-0.2, 0) is 12.0 Å². The maximum atomic E-state index is 5.25. The number of halogens is 1. The lowest BCUT2D eigenvalue weighted by Crippen LogP contribution is -2.11. The Hall–Kier alpha value is -1.07. The van der Waals surface area contributed by atoms with Crippen LogP contribution < -0.4 is 10.1 Å². The molecule has 0 radical (unpaired) electrons. The van der Waals surface area contributed by atoms with Crippen LogP contribution in [0.1, 0.15) is 31.5 Å². The molecule has 2 rings (SSSR count). The van der Waals surface area contributed by atoms with E-state index in [1.54, 1.807) is 18.4 Å². The van der Waals surface area contributed by atoms with Crippen LogP contribution in [0.25, 0.3) is 0 Å². The van der Waals surface area contributed by atoms with E-state index in [9.17, 15) is 0 Å². The summed E-state index contributed by atoms with van der Waals surface area (Å²) < 4.78 is 6.25. The molecule has 0 bridgehead atoms. The van der Waals surface area contributed by atoms with Crippen LogP contribution >= 0.6 is 27.3 Å². The third kappa shape index (κ3) is 3.96. The van der Waals surface area contributed by atoms with Gasteiger partial charge in [0.05, 0.1) is 19.3 Å². The number of methoxy groups -OCH3 is 1. The number of rotatable bonds is 4. The zero-order valence-corrected chi connectivity index (χ0v) is 14.6. The smallest absolute Gasteiger partial charge is 0.122 e. The molecule has 0 spiro atoms. The minimum Gasteiger partial charge on any atom is -0.497 e. The van der Waals surface area contributed by atoms with Gasteiger partial charge in [-0.25, -0.2) is 4.98 Å². The van der Waals surface area contributed by atoms with Crippen LogP contribution in [0.4, 0.5) is 5.69 Å². The molecule has 0 atom stereocenters. The van der Waals surface area contributed by atoms with Crippen molar-refractivity contribution in [2.24, 2.45) is 0 Å². The summed E-state index contributed by atoms with van der Waals surface area (Å²) in [4.78, 5) is 4.67. The Kier molecular flexibility index (Phi) is 4.70. The van der Waals surface area contributed by atoms with Gasteiger partial charge < -0.3 is 10.1 Å². The predicted octanol–water partition coefficient (Wildman–Crippen LogP) is 4.82. The molecule has 3 nitrogen and oxygen atoms in total. The summed E-state index contributed by atoms with van der Waals surface area (Å²) in [6.45, 7) is 7.26. The molecular formula is C15H19BrN2OS. The van der Waals surface area contributed by atoms with Crippen molar-refractivity contribution in [1.29, 1.82) is 0 Å². The number of nitrogens with one attached hydrogen (secondary N) is 1. The van der Waals surface area contributed by atoms with Crippen molar-refractivity contribution in [2.75, 3.05) is 12.4 Å². The second-order valence-electron chi connectivity index (χ2n) is 5.61. The standard InChI is InChI=1S/C15H19BrN2OS/c1-15(2,3)13-9-20-14(18-13)8-17-11-5-10(16)6-12(7-11)19-4/h5-7,9,17H,8H2,1-4H3. The van der Waals surface area contributed by atoms with E-state index in [0.717, 1.165) is 33.2 Å². The number of hydrogen-bond donors (Lipinski definition) is 1. The Labute approximate surface area is 132 Å². The van der Waals surface area contributed by atoms with Crippen LogP contribution in [0, 0.1) is 0 Å². The molecule has 0 aliphatic heterocycles. The second kappa shape index (κ2) is 6.14. The lowest BCUT2D eigenvalue weighted by atomic mass is 9.93. The quantitative estimate of drug-likeness (QED) is 0.854. The van der Waals surface area contributed by atoms with Gasteiger partial charge in [0.2, 0.25) is 0 Å². The predicted molar refractivity (Wildman–Crippen MR) is 88.8 cm³/mol. The normalized spacial score (nSPS) is 11.4. The third-order valence-electron chi connectivity index (χ3n) is 2.87. The summed E-state index contributed by atoms with van der Waals surface area (Å²) in [6, 6.07) is 5.94. The Balaban J connectivity index is 2.05. The summed E-state index contributed by atoms with van der Waals surface area (Å²) in [5.41, 5.74) is 2.27. The van der Waals surface area contributed by atoms with Crippen molar-refractivity contribution in [3.05, 3.63) is 38.8 Å². The molecule has 1 aromatic carbocycles. The molecule has 108 valence electrons. The number of aromatic nitrogens is 1. The monoisotopic (exact) mass is 354 g/mol. The van der Waals surface area contributed by atoms with Crippen LogP contribution in [0.2, 0.25) is 0 Å². The first kappa shape index (κ1) is 15.3. The molecule has 0 saturated carbocycles. The number of thiazole rings is 1. The zero-order chi connectivity index (χ0) is 14.8. The van der Waals surface area contributed by atoms with E-state index in [1.807, 2.05) is 18.2 Å². The van der Waals surface area contributed by atoms with Gasteiger partial charge in [-0.15, -0.1) is 11.3 Å². The van der Waals surface area contributed by atoms with Crippen LogP contribution in [0.3, 0.4) is 0 Å². The lowest BCUT2D eigenvalue weighted by molar-refractivity contribution is 0.414. The summed E-state index contributed by atoms with van der Waals surface area (Å²) in [5, 5.41) is 6.61. The Morgan fingerprint density at radius 2 is 2.05 bits per heavy atom. The van der Waals surface area contributed by atoms with E-state index in [4.69, 9.17) is 4.74 Å². The fourth-order valence-electron chi connectivity index (χ4n) is 1.70. The zero-order valence-electron chi connectivity index (χ0n) is 12.2. The molecule has 0 aliphatic rings. The number of anilines is 1. The van der Waals surface area contributed by atoms with E-state index >= 15 is 0 Å². The summed E-state index contributed by atoms with van der Waals surface area (Å²) in [5.74, 6) is 0.830. The average molecular weight is 355 g/mol. The Morgan fingerprint density at radius 3 is 2.65 bits per heavy atom. The second-order valence-corrected chi connectivity index (χ2v) is 7.47. The van der Waals surface area contributed by atoms with Gasteiger partial charge in [0.15, 0.2) is 0 Å². The number of nitrogens with zero attached hydrogens (tertiary/aromatic N) is 1. The van der Waals surface area contributed by atoms with Gasteiger partial charge in [-0.2, -0.15) is 0 Å². The topological polar surface area (TPSA) is 34.1 Å². The van der Waals surface area contributed by atoms with Gasteiger partial charge in [-0.3, -0.25) is 0 Å². The van der Waals surface area contributed by atoms with Crippen molar-refractivity contribution in [3.63, 3.8) is 0 Å². The fraction of sp³-hybridized carbons (Fsp3) is 0.400.